The second kappa shape index (κ2) is 5.17. The van der Waals surface area contributed by atoms with E-state index in [9.17, 15) is 0 Å². The Bertz CT molecular complexity index is 423. The van der Waals surface area contributed by atoms with E-state index in [4.69, 9.17) is 4.42 Å². The van der Waals surface area contributed by atoms with E-state index in [0.29, 0.717) is 0 Å². The lowest BCUT2D eigenvalue weighted by molar-refractivity contribution is 0.449. The van der Waals surface area contributed by atoms with Crippen molar-refractivity contribution in [3.8, 4) is 0 Å². The number of aryl methyl sites for hydroxylation is 1. The van der Waals surface area contributed by atoms with Gasteiger partial charge in [-0.05, 0) is 46.4 Å². The molecule has 0 aliphatic heterocycles. The van der Waals surface area contributed by atoms with Crippen LogP contribution in [-0.2, 0) is 0 Å². The maximum absolute atomic E-state index is 5.58. The fraction of sp³-hybridized carbons (Fsp3) is 0.333. The first kappa shape index (κ1) is 11.9. The SMILES string of the molecule is CCNC(c1cscc1Br)c1occc1C. The molecule has 0 aromatic carbocycles. The van der Waals surface area contributed by atoms with Gasteiger partial charge in [-0.3, -0.25) is 0 Å². The predicted molar refractivity (Wildman–Crippen MR) is 71.0 cm³/mol. The normalized spacial score (nSPS) is 12.9. The largest absolute Gasteiger partial charge is 0.467 e. The average molecular weight is 300 g/mol. The van der Waals surface area contributed by atoms with Gasteiger partial charge in [0.2, 0.25) is 0 Å². The summed E-state index contributed by atoms with van der Waals surface area (Å²) in [5.41, 5.74) is 2.42. The van der Waals surface area contributed by atoms with Gasteiger partial charge in [-0.15, -0.1) is 0 Å². The minimum absolute atomic E-state index is 0.139. The molecule has 2 rings (SSSR count). The molecule has 0 fully saturated rings. The van der Waals surface area contributed by atoms with E-state index >= 15 is 0 Å². The summed E-state index contributed by atoms with van der Waals surface area (Å²) in [7, 11) is 0. The van der Waals surface area contributed by atoms with Crippen molar-refractivity contribution in [1.82, 2.24) is 5.32 Å². The van der Waals surface area contributed by atoms with Gasteiger partial charge in [0.1, 0.15) is 5.76 Å². The smallest absolute Gasteiger partial charge is 0.128 e. The molecule has 0 bridgehead atoms. The summed E-state index contributed by atoms with van der Waals surface area (Å²) in [5, 5.41) is 7.70. The number of halogens is 1. The quantitative estimate of drug-likeness (QED) is 0.919. The third-order valence-corrected chi connectivity index (χ3v) is 4.28. The van der Waals surface area contributed by atoms with E-state index in [-0.39, 0.29) is 6.04 Å². The molecule has 0 saturated carbocycles. The molecule has 0 aliphatic rings. The summed E-state index contributed by atoms with van der Waals surface area (Å²) in [6.07, 6.45) is 1.75. The molecule has 1 atom stereocenters. The standard InChI is InChI=1S/C12H14BrNOS/c1-3-14-11(9-6-16-7-10(9)13)12-8(2)4-5-15-12/h4-7,11,14H,3H2,1-2H3. The van der Waals surface area contributed by atoms with E-state index in [0.717, 1.165) is 16.8 Å². The number of thiophene rings is 1. The van der Waals surface area contributed by atoms with Crippen molar-refractivity contribution in [3.63, 3.8) is 0 Å². The van der Waals surface area contributed by atoms with E-state index in [1.165, 1.54) is 11.1 Å². The van der Waals surface area contributed by atoms with E-state index in [2.05, 4.69) is 45.9 Å². The van der Waals surface area contributed by atoms with Crippen LogP contribution in [0, 0.1) is 6.92 Å². The molecule has 4 heteroatoms. The molecular weight excluding hydrogens is 286 g/mol. The molecule has 0 saturated heterocycles. The van der Waals surface area contributed by atoms with Gasteiger partial charge in [0.25, 0.3) is 0 Å². The van der Waals surface area contributed by atoms with Gasteiger partial charge in [-0.25, -0.2) is 0 Å². The first-order chi connectivity index (χ1) is 7.74. The molecule has 2 aromatic heterocycles. The van der Waals surface area contributed by atoms with Crippen LogP contribution < -0.4 is 5.32 Å². The third kappa shape index (κ3) is 2.24. The lowest BCUT2D eigenvalue weighted by Crippen LogP contribution is -2.22. The molecule has 16 heavy (non-hydrogen) atoms. The fourth-order valence-corrected chi connectivity index (χ4v) is 3.28. The monoisotopic (exact) mass is 299 g/mol. The van der Waals surface area contributed by atoms with Crippen molar-refractivity contribution in [2.24, 2.45) is 0 Å². The van der Waals surface area contributed by atoms with Crippen LogP contribution in [0.3, 0.4) is 0 Å². The molecular formula is C12H14BrNOS. The highest BCUT2D eigenvalue weighted by Crippen LogP contribution is 2.33. The fourth-order valence-electron chi connectivity index (χ4n) is 1.73. The molecule has 2 nitrogen and oxygen atoms in total. The molecule has 0 amide bonds. The summed E-state index contributed by atoms with van der Waals surface area (Å²) in [5.74, 6) is 1.00. The number of furan rings is 1. The van der Waals surface area contributed by atoms with Crippen molar-refractivity contribution < 1.29 is 4.42 Å². The first-order valence-corrected chi connectivity index (χ1v) is 6.96. The highest BCUT2D eigenvalue weighted by molar-refractivity contribution is 9.10. The first-order valence-electron chi connectivity index (χ1n) is 5.23. The second-order valence-electron chi connectivity index (χ2n) is 3.63. The Morgan fingerprint density at radius 1 is 1.50 bits per heavy atom. The van der Waals surface area contributed by atoms with Crippen LogP contribution in [0.15, 0.2) is 32.0 Å². The van der Waals surface area contributed by atoms with Gasteiger partial charge >= 0.3 is 0 Å². The van der Waals surface area contributed by atoms with Crippen LogP contribution in [-0.4, -0.2) is 6.54 Å². The third-order valence-electron chi connectivity index (χ3n) is 2.53. The van der Waals surface area contributed by atoms with Gasteiger partial charge in [-0.2, -0.15) is 11.3 Å². The summed E-state index contributed by atoms with van der Waals surface area (Å²) < 4.78 is 6.72. The Balaban J connectivity index is 2.39. The van der Waals surface area contributed by atoms with Crippen molar-refractivity contribution >= 4 is 27.3 Å². The zero-order valence-electron chi connectivity index (χ0n) is 9.29. The predicted octanol–water partition coefficient (Wildman–Crippen LogP) is 4.11. The maximum Gasteiger partial charge on any atom is 0.128 e. The van der Waals surface area contributed by atoms with Gasteiger partial charge in [0.15, 0.2) is 0 Å². The van der Waals surface area contributed by atoms with Gasteiger partial charge < -0.3 is 9.73 Å². The van der Waals surface area contributed by atoms with Gasteiger partial charge in [-0.1, -0.05) is 6.92 Å². The minimum Gasteiger partial charge on any atom is -0.467 e. The highest BCUT2D eigenvalue weighted by Gasteiger charge is 2.20. The van der Waals surface area contributed by atoms with Crippen molar-refractivity contribution in [3.05, 3.63) is 44.4 Å². The topological polar surface area (TPSA) is 25.2 Å². The number of rotatable bonds is 4. The zero-order chi connectivity index (χ0) is 11.5. The Morgan fingerprint density at radius 3 is 2.81 bits per heavy atom. The lowest BCUT2D eigenvalue weighted by Gasteiger charge is -2.16. The molecule has 0 spiro atoms. The van der Waals surface area contributed by atoms with Crippen LogP contribution >= 0.6 is 27.3 Å². The van der Waals surface area contributed by atoms with Crippen molar-refractivity contribution in [2.45, 2.75) is 19.9 Å². The van der Waals surface area contributed by atoms with Crippen LogP contribution in [0.4, 0.5) is 0 Å². The summed E-state index contributed by atoms with van der Waals surface area (Å²) in [6, 6.07) is 2.14. The second-order valence-corrected chi connectivity index (χ2v) is 5.23. The van der Waals surface area contributed by atoms with E-state index < -0.39 is 0 Å². The number of hydrogen-bond donors (Lipinski definition) is 1. The van der Waals surface area contributed by atoms with Gasteiger partial charge in [0, 0.05) is 15.4 Å². The van der Waals surface area contributed by atoms with Gasteiger partial charge in [0.05, 0.1) is 12.3 Å². The van der Waals surface area contributed by atoms with Crippen LogP contribution in [0.1, 0.15) is 29.9 Å². The average Bonchev–Trinajstić information content (AvgIpc) is 2.84. The van der Waals surface area contributed by atoms with Crippen LogP contribution in [0.5, 0.6) is 0 Å². The van der Waals surface area contributed by atoms with E-state index in [1.54, 1.807) is 17.6 Å². The molecule has 1 unspecified atom stereocenters. The maximum atomic E-state index is 5.58. The molecule has 0 radical (unpaired) electrons. The molecule has 1 N–H and O–H groups in total. The summed E-state index contributed by atoms with van der Waals surface area (Å²) in [6.45, 7) is 5.09. The van der Waals surface area contributed by atoms with Crippen LogP contribution in [0.2, 0.25) is 0 Å². The van der Waals surface area contributed by atoms with Crippen LogP contribution in [0.25, 0.3) is 0 Å². The Kier molecular flexibility index (Phi) is 3.84. The number of nitrogens with one attached hydrogen (secondary N) is 1. The number of hydrogen-bond acceptors (Lipinski definition) is 3. The Hall–Kier alpha value is -0.580. The minimum atomic E-state index is 0.139. The Labute approximate surface area is 108 Å². The Morgan fingerprint density at radius 2 is 2.31 bits per heavy atom. The molecule has 2 aromatic rings. The van der Waals surface area contributed by atoms with Crippen molar-refractivity contribution in [1.29, 1.82) is 0 Å². The molecule has 86 valence electrons. The van der Waals surface area contributed by atoms with E-state index in [1.807, 2.05) is 6.07 Å². The molecule has 0 aliphatic carbocycles. The highest BCUT2D eigenvalue weighted by atomic mass is 79.9. The lowest BCUT2D eigenvalue weighted by atomic mass is 10.1. The molecule has 2 heterocycles. The zero-order valence-corrected chi connectivity index (χ0v) is 11.7. The summed E-state index contributed by atoms with van der Waals surface area (Å²) in [4.78, 5) is 0. The summed E-state index contributed by atoms with van der Waals surface area (Å²) >= 11 is 5.27. The van der Waals surface area contributed by atoms with Crippen molar-refractivity contribution in [2.75, 3.05) is 6.54 Å².